The molecule has 7 heteroatoms. The SMILES string of the molecule is CCOC(=O)c1ccc(N2C(=O)CCn3c(nc4ccccc4c3=O)C2C)cc1. The summed E-state index contributed by atoms with van der Waals surface area (Å²) in [5.74, 6) is 0.0451. The van der Waals surface area contributed by atoms with Crippen LogP contribution in [0.25, 0.3) is 10.9 Å². The Kier molecular flexibility index (Phi) is 4.88. The lowest BCUT2D eigenvalue weighted by molar-refractivity contribution is -0.119. The van der Waals surface area contributed by atoms with E-state index in [1.54, 1.807) is 58.9 Å². The number of amides is 1. The maximum atomic E-state index is 12.9. The highest BCUT2D eigenvalue weighted by Gasteiger charge is 2.30. The van der Waals surface area contributed by atoms with Crippen LogP contribution in [0, 0.1) is 0 Å². The Balaban J connectivity index is 1.77. The number of anilines is 1. The van der Waals surface area contributed by atoms with Gasteiger partial charge in [-0.1, -0.05) is 12.1 Å². The van der Waals surface area contributed by atoms with Crippen LogP contribution in [0.1, 0.15) is 42.5 Å². The molecule has 1 atom stereocenters. The molecule has 4 rings (SSSR count). The smallest absolute Gasteiger partial charge is 0.338 e. The van der Waals surface area contributed by atoms with Gasteiger partial charge in [0.05, 0.1) is 29.1 Å². The topological polar surface area (TPSA) is 81.5 Å². The second-order valence-corrected chi connectivity index (χ2v) is 6.90. The van der Waals surface area contributed by atoms with Crippen LogP contribution in [0.4, 0.5) is 5.69 Å². The summed E-state index contributed by atoms with van der Waals surface area (Å²) in [6.07, 6.45) is 0.191. The van der Waals surface area contributed by atoms with E-state index < -0.39 is 12.0 Å². The normalized spacial score (nSPS) is 16.4. The molecule has 1 amide bonds. The molecule has 0 saturated heterocycles. The molecule has 7 nitrogen and oxygen atoms in total. The number of hydrogen-bond donors (Lipinski definition) is 0. The Hall–Kier alpha value is -3.48. The lowest BCUT2D eigenvalue weighted by Crippen LogP contribution is -2.33. The number of benzene rings is 2. The van der Waals surface area contributed by atoms with E-state index >= 15 is 0 Å². The number of carbonyl (C=O) groups is 2. The Morgan fingerprint density at radius 1 is 1.14 bits per heavy atom. The zero-order valence-electron chi connectivity index (χ0n) is 16.3. The highest BCUT2D eigenvalue weighted by atomic mass is 16.5. The summed E-state index contributed by atoms with van der Waals surface area (Å²) in [7, 11) is 0. The predicted molar refractivity (Wildman–Crippen MR) is 109 cm³/mol. The van der Waals surface area contributed by atoms with Gasteiger partial charge >= 0.3 is 5.97 Å². The molecule has 0 N–H and O–H groups in total. The summed E-state index contributed by atoms with van der Waals surface area (Å²) < 4.78 is 6.60. The maximum absolute atomic E-state index is 12.9. The van der Waals surface area contributed by atoms with Gasteiger partial charge in [-0.15, -0.1) is 0 Å². The van der Waals surface area contributed by atoms with Crippen molar-refractivity contribution in [1.29, 1.82) is 0 Å². The third-order valence-corrected chi connectivity index (χ3v) is 5.13. The summed E-state index contributed by atoms with van der Waals surface area (Å²) >= 11 is 0. The van der Waals surface area contributed by atoms with E-state index in [-0.39, 0.29) is 24.4 Å². The number of nitrogens with zero attached hydrogens (tertiary/aromatic N) is 3. The molecule has 1 unspecified atom stereocenters. The highest BCUT2D eigenvalue weighted by Crippen LogP contribution is 2.30. The van der Waals surface area contributed by atoms with Gasteiger partial charge in [-0.3, -0.25) is 14.2 Å². The Bertz CT molecular complexity index is 1150. The molecule has 2 heterocycles. The Morgan fingerprint density at radius 2 is 1.86 bits per heavy atom. The lowest BCUT2D eigenvalue weighted by atomic mass is 10.1. The number of rotatable bonds is 3. The predicted octanol–water partition coefficient (Wildman–Crippen LogP) is 3.07. The standard InChI is InChI=1S/C22H21N3O4/c1-3-29-22(28)15-8-10-16(11-9-15)25-14(2)20-23-18-7-5-4-6-17(18)21(27)24(20)13-12-19(25)26/h4-11,14H,3,12-13H2,1-2H3. The molecule has 1 aliphatic heterocycles. The van der Waals surface area contributed by atoms with Gasteiger partial charge in [-0.2, -0.15) is 0 Å². The van der Waals surface area contributed by atoms with Gasteiger partial charge in [-0.25, -0.2) is 9.78 Å². The molecule has 0 radical (unpaired) electrons. The first kappa shape index (κ1) is 18.9. The molecule has 29 heavy (non-hydrogen) atoms. The second kappa shape index (κ2) is 7.50. The number of esters is 1. The minimum Gasteiger partial charge on any atom is -0.462 e. The average Bonchev–Trinajstić information content (AvgIpc) is 2.85. The fourth-order valence-electron chi connectivity index (χ4n) is 3.72. The average molecular weight is 391 g/mol. The van der Waals surface area contributed by atoms with Gasteiger partial charge < -0.3 is 9.64 Å². The zero-order valence-corrected chi connectivity index (χ0v) is 16.3. The highest BCUT2D eigenvalue weighted by molar-refractivity contribution is 5.95. The Labute approximate surface area is 167 Å². The van der Waals surface area contributed by atoms with Crippen LogP contribution in [-0.4, -0.2) is 28.0 Å². The largest absolute Gasteiger partial charge is 0.462 e. The van der Waals surface area contributed by atoms with Gasteiger partial charge in [0.15, 0.2) is 0 Å². The molecule has 0 spiro atoms. The van der Waals surface area contributed by atoms with E-state index in [4.69, 9.17) is 9.72 Å². The molecule has 1 aliphatic rings. The van der Waals surface area contributed by atoms with Gasteiger partial charge in [0.25, 0.3) is 5.56 Å². The summed E-state index contributed by atoms with van der Waals surface area (Å²) in [5, 5.41) is 0.545. The van der Waals surface area contributed by atoms with Crippen molar-refractivity contribution >= 4 is 28.5 Å². The van der Waals surface area contributed by atoms with Crippen molar-refractivity contribution in [2.24, 2.45) is 0 Å². The van der Waals surface area contributed by atoms with Crippen LogP contribution in [0.2, 0.25) is 0 Å². The maximum Gasteiger partial charge on any atom is 0.338 e. The van der Waals surface area contributed by atoms with Gasteiger partial charge in [0.1, 0.15) is 5.82 Å². The molecule has 0 fully saturated rings. The molecule has 2 aromatic carbocycles. The van der Waals surface area contributed by atoms with Crippen LogP contribution in [-0.2, 0) is 16.1 Å². The molecule has 1 aromatic heterocycles. The first-order valence-electron chi connectivity index (χ1n) is 9.60. The molecular formula is C22H21N3O4. The molecule has 3 aromatic rings. The third kappa shape index (κ3) is 3.29. The molecular weight excluding hydrogens is 370 g/mol. The molecule has 0 aliphatic carbocycles. The number of ether oxygens (including phenoxy) is 1. The van der Waals surface area contributed by atoms with Crippen LogP contribution in [0.5, 0.6) is 0 Å². The van der Waals surface area contributed by atoms with E-state index in [2.05, 4.69) is 0 Å². The summed E-state index contributed by atoms with van der Waals surface area (Å²) in [4.78, 5) is 44.1. The van der Waals surface area contributed by atoms with Crippen molar-refractivity contribution < 1.29 is 14.3 Å². The fraction of sp³-hybridized carbons (Fsp3) is 0.273. The zero-order chi connectivity index (χ0) is 20.5. The van der Waals surface area contributed by atoms with Gasteiger partial charge in [-0.05, 0) is 50.2 Å². The van der Waals surface area contributed by atoms with Crippen LogP contribution < -0.4 is 10.5 Å². The van der Waals surface area contributed by atoms with Crippen molar-refractivity contribution in [2.75, 3.05) is 11.5 Å². The van der Waals surface area contributed by atoms with Crippen molar-refractivity contribution in [3.8, 4) is 0 Å². The van der Waals surface area contributed by atoms with E-state index in [1.807, 2.05) is 13.0 Å². The fourth-order valence-corrected chi connectivity index (χ4v) is 3.72. The number of carbonyl (C=O) groups excluding carboxylic acids is 2. The van der Waals surface area contributed by atoms with Gasteiger partial charge in [0.2, 0.25) is 5.91 Å². The summed E-state index contributed by atoms with van der Waals surface area (Å²) in [6, 6.07) is 13.5. The quantitative estimate of drug-likeness (QED) is 0.641. The minimum atomic E-state index is -0.434. The van der Waals surface area contributed by atoms with E-state index in [0.29, 0.717) is 34.6 Å². The first-order chi connectivity index (χ1) is 14.0. The van der Waals surface area contributed by atoms with Crippen molar-refractivity contribution in [1.82, 2.24) is 9.55 Å². The van der Waals surface area contributed by atoms with E-state index in [0.717, 1.165) is 0 Å². The molecule has 0 bridgehead atoms. The van der Waals surface area contributed by atoms with Crippen LogP contribution in [0.15, 0.2) is 53.3 Å². The van der Waals surface area contributed by atoms with Crippen molar-refractivity contribution in [2.45, 2.75) is 32.9 Å². The number of fused-ring (bicyclic) bond motifs is 2. The molecule has 0 saturated carbocycles. The van der Waals surface area contributed by atoms with Crippen molar-refractivity contribution in [3.05, 3.63) is 70.3 Å². The number of para-hydroxylation sites is 1. The van der Waals surface area contributed by atoms with Crippen LogP contribution >= 0.6 is 0 Å². The van der Waals surface area contributed by atoms with Crippen LogP contribution in [0.3, 0.4) is 0 Å². The van der Waals surface area contributed by atoms with E-state index in [1.165, 1.54) is 0 Å². The third-order valence-electron chi connectivity index (χ3n) is 5.13. The Morgan fingerprint density at radius 3 is 2.59 bits per heavy atom. The van der Waals surface area contributed by atoms with E-state index in [9.17, 15) is 14.4 Å². The molecule has 148 valence electrons. The summed E-state index contributed by atoms with van der Waals surface area (Å²) in [5.41, 5.74) is 1.55. The monoisotopic (exact) mass is 391 g/mol. The van der Waals surface area contributed by atoms with Gasteiger partial charge in [0, 0.05) is 18.7 Å². The van der Waals surface area contributed by atoms with Crippen molar-refractivity contribution in [3.63, 3.8) is 0 Å². The number of aromatic nitrogens is 2. The first-order valence-corrected chi connectivity index (χ1v) is 9.60. The minimum absolute atomic E-state index is 0.102. The number of hydrogen-bond acceptors (Lipinski definition) is 5. The summed E-state index contributed by atoms with van der Waals surface area (Å²) in [6.45, 7) is 4.19. The lowest BCUT2D eigenvalue weighted by Gasteiger charge is -2.27. The second-order valence-electron chi connectivity index (χ2n) is 6.90.